The van der Waals surface area contributed by atoms with E-state index in [1.807, 2.05) is 0 Å². The second-order valence-electron chi connectivity index (χ2n) is 19.7. The summed E-state index contributed by atoms with van der Waals surface area (Å²) >= 11 is 0. The Balaban J connectivity index is 0.000000146. The van der Waals surface area contributed by atoms with Gasteiger partial charge in [0.25, 0.3) is 0 Å². The highest BCUT2D eigenvalue weighted by atomic mass is 14.3. The van der Waals surface area contributed by atoms with Crippen molar-refractivity contribution in [1.29, 1.82) is 0 Å². The number of hydrogen-bond donors (Lipinski definition) is 0. The minimum Gasteiger partial charge on any atom is -0.0625 e. The summed E-state index contributed by atoms with van der Waals surface area (Å²) in [6.07, 6.45) is 26.1. The zero-order valence-electron chi connectivity index (χ0n) is 36.6. The zero-order valence-corrected chi connectivity index (χ0v) is 36.6. The lowest BCUT2D eigenvalue weighted by Gasteiger charge is -2.36. The first-order valence-electron chi connectivity index (χ1n) is 23.5. The Labute approximate surface area is 344 Å². The van der Waals surface area contributed by atoms with Crippen LogP contribution in [0.4, 0.5) is 0 Å². The van der Waals surface area contributed by atoms with Gasteiger partial charge in [-0.05, 0) is 146 Å². The van der Waals surface area contributed by atoms with Gasteiger partial charge in [-0.25, -0.2) is 0 Å². The molecule has 302 valence electrons. The first kappa shape index (κ1) is 42.5. The molecule has 0 spiro atoms. The van der Waals surface area contributed by atoms with Gasteiger partial charge in [0.2, 0.25) is 0 Å². The Bertz CT molecular complexity index is 1620. The van der Waals surface area contributed by atoms with Crippen molar-refractivity contribution >= 4 is 0 Å². The van der Waals surface area contributed by atoms with Crippen molar-refractivity contribution in [2.45, 2.75) is 163 Å². The van der Waals surface area contributed by atoms with Crippen LogP contribution in [0.25, 0.3) is 22.3 Å². The van der Waals surface area contributed by atoms with Crippen LogP contribution in [0, 0.1) is 55.3 Å². The van der Waals surface area contributed by atoms with Crippen molar-refractivity contribution in [2.24, 2.45) is 41.4 Å². The molecule has 0 atom stereocenters. The van der Waals surface area contributed by atoms with Crippen molar-refractivity contribution in [1.82, 2.24) is 0 Å². The Kier molecular flexibility index (Phi) is 16.4. The van der Waals surface area contributed by atoms with Gasteiger partial charge in [0.1, 0.15) is 0 Å². The predicted octanol–water partition coefficient (Wildman–Crippen LogP) is 17.0. The molecule has 4 aromatic rings. The summed E-state index contributed by atoms with van der Waals surface area (Å²) in [6.45, 7) is 13.9. The van der Waals surface area contributed by atoms with Crippen LogP contribution in [0.15, 0.2) is 97.1 Å². The van der Waals surface area contributed by atoms with Gasteiger partial charge in [0.15, 0.2) is 0 Å². The summed E-state index contributed by atoms with van der Waals surface area (Å²) in [5, 5.41) is 0. The third kappa shape index (κ3) is 13.2. The molecule has 0 heterocycles. The molecular formula is C56H78. The summed E-state index contributed by atoms with van der Waals surface area (Å²) in [5.41, 5.74) is 11.0. The molecule has 56 heavy (non-hydrogen) atoms. The number of benzene rings is 4. The predicted molar refractivity (Wildman–Crippen MR) is 245 cm³/mol. The van der Waals surface area contributed by atoms with E-state index in [1.165, 1.54) is 134 Å². The van der Waals surface area contributed by atoms with Crippen molar-refractivity contribution in [3.8, 4) is 22.3 Å². The lowest BCUT2D eigenvalue weighted by atomic mass is 9.70. The van der Waals surface area contributed by atoms with E-state index in [9.17, 15) is 0 Å². The number of hydrogen-bond acceptors (Lipinski definition) is 0. The molecule has 0 unspecified atom stereocenters. The standard InChI is InChI=1S/C22H28.C20H24.C14H26/c1-17-3-7-19(8-4-17)9-10-20-11-15-22(16-12-20)21-13-5-18(2)6-14-21;1-15-3-7-17(8-4-15)19-11-13-20(14-12-19)18-9-5-16(2)6-10-18;1-11-3-7-13(8-4-11)14-9-5-12(2)6-10-14/h5-6,11-17,19H,3-4,7-10H2,1-2H3;3-4,7-8,11-14,16,18H,5-6,9-10H2,1-2H3;11-14H,3-10H2,1-2H3. The van der Waals surface area contributed by atoms with Crippen LogP contribution in [0.2, 0.25) is 0 Å². The van der Waals surface area contributed by atoms with Gasteiger partial charge in [-0.1, -0.05) is 200 Å². The normalized spacial score (nSPS) is 27.9. The molecule has 8 rings (SSSR count). The maximum Gasteiger partial charge on any atom is -0.0162 e. The molecule has 0 bridgehead atoms. The summed E-state index contributed by atoms with van der Waals surface area (Å²) in [7, 11) is 0. The van der Waals surface area contributed by atoms with Gasteiger partial charge in [0, 0.05) is 0 Å². The lowest BCUT2D eigenvalue weighted by Crippen LogP contribution is -2.24. The molecule has 0 amide bonds. The van der Waals surface area contributed by atoms with Crippen LogP contribution in [-0.2, 0) is 6.42 Å². The number of rotatable bonds is 7. The molecule has 0 radical (unpaired) electrons. The van der Waals surface area contributed by atoms with E-state index >= 15 is 0 Å². The highest BCUT2D eigenvalue weighted by Gasteiger charge is 2.28. The second kappa shape index (κ2) is 21.6. The average molecular weight is 751 g/mol. The van der Waals surface area contributed by atoms with E-state index in [2.05, 4.69) is 139 Å². The topological polar surface area (TPSA) is 0 Å². The van der Waals surface area contributed by atoms with Gasteiger partial charge < -0.3 is 0 Å². The molecule has 4 aromatic carbocycles. The molecule has 0 heteroatoms. The quantitative estimate of drug-likeness (QED) is 0.176. The highest BCUT2D eigenvalue weighted by Crippen LogP contribution is 2.41. The van der Waals surface area contributed by atoms with Gasteiger partial charge in [-0.2, -0.15) is 0 Å². The summed E-state index contributed by atoms with van der Waals surface area (Å²) in [6, 6.07) is 36.1. The van der Waals surface area contributed by atoms with Gasteiger partial charge in [-0.15, -0.1) is 0 Å². The second-order valence-corrected chi connectivity index (χ2v) is 19.7. The zero-order chi connectivity index (χ0) is 39.3. The van der Waals surface area contributed by atoms with Crippen molar-refractivity contribution in [3.05, 3.63) is 119 Å². The fourth-order valence-electron chi connectivity index (χ4n) is 10.4. The van der Waals surface area contributed by atoms with Crippen molar-refractivity contribution < 1.29 is 0 Å². The largest absolute Gasteiger partial charge is 0.0625 e. The Hall–Kier alpha value is -3.12. The van der Waals surface area contributed by atoms with Crippen LogP contribution in [0.5, 0.6) is 0 Å². The fraction of sp³-hybridized carbons (Fsp3) is 0.571. The van der Waals surface area contributed by atoms with Gasteiger partial charge in [0.05, 0.1) is 0 Å². The van der Waals surface area contributed by atoms with Gasteiger partial charge >= 0.3 is 0 Å². The van der Waals surface area contributed by atoms with E-state index in [4.69, 9.17) is 0 Å². The van der Waals surface area contributed by atoms with Crippen LogP contribution >= 0.6 is 0 Å². The van der Waals surface area contributed by atoms with E-state index in [0.29, 0.717) is 0 Å². The maximum atomic E-state index is 2.43. The van der Waals surface area contributed by atoms with Gasteiger partial charge in [-0.3, -0.25) is 0 Å². The monoisotopic (exact) mass is 751 g/mol. The molecule has 4 aliphatic rings. The van der Waals surface area contributed by atoms with Crippen LogP contribution in [-0.4, -0.2) is 0 Å². The average Bonchev–Trinajstić information content (AvgIpc) is 3.23. The van der Waals surface area contributed by atoms with Crippen LogP contribution in [0.1, 0.15) is 165 Å². The molecule has 0 N–H and O–H groups in total. The third-order valence-corrected chi connectivity index (χ3v) is 14.9. The molecule has 0 aliphatic heterocycles. The minimum atomic E-state index is 0.790. The molecule has 4 aliphatic carbocycles. The fourth-order valence-corrected chi connectivity index (χ4v) is 10.4. The maximum absolute atomic E-state index is 2.43. The Morgan fingerprint density at radius 2 is 0.679 bits per heavy atom. The van der Waals surface area contributed by atoms with E-state index < -0.39 is 0 Å². The van der Waals surface area contributed by atoms with Crippen LogP contribution < -0.4 is 0 Å². The van der Waals surface area contributed by atoms with Crippen molar-refractivity contribution in [2.75, 3.05) is 0 Å². The van der Waals surface area contributed by atoms with E-state index in [0.717, 1.165) is 47.3 Å². The number of aryl methyl sites for hydroxylation is 3. The third-order valence-electron chi connectivity index (χ3n) is 14.9. The first-order valence-corrected chi connectivity index (χ1v) is 23.5. The molecule has 4 saturated carbocycles. The first-order chi connectivity index (χ1) is 27.2. The Morgan fingerprint density at radius 3 is 1.07 bits per heavy atom. The molecular weight excluding hydrogens is 673 g/mol. The molecule has 4 fully saturated rings. The minimum absolute atomic E-state index is 0.790. The Morgan fingerprint density at radius 1 is 0.357 bits per heavy atom. The smallest absolute Gasteiger partial charge is 0.0162 e. The van der Waals surface area contributed by atoms with Crippen molar-refractivity contribution in [3.63, 3.8) is 0 Å². The van der Waals surface area contributed by atoms with E-state index in [-0.39, 0.29) is 0 Å². The summed E-state index contributed by atoms with van der Waals surface area (Å²) in [5.74, 6) is 7.91. The lowest BCUT2D eigenvalue weighted by molar-refractivity contribution is 0.155. The molecule has 0 saturated heterocycles. The summed E-state index contributed by atoms with van der Waals surface area (Å²) in [4.78, 5) is 0. The molecule has 0 nitrogen and oxygen atoms in total. The summed E-state index contributed by atoms with van der Waals surface area (Å²) < 4.78 is 0. The molecule has 0 aromatic heterocycles. The van der Waals surface area contributed by atoms with E-state index in [1.54, 1.807) is 25.7 Å². The van der Waals surface area contributed by atoms with Crippen LogP contribution in [0.3, 0.4) is 0 Å². The highest BCUT2D eigenvalue weighted by molar-refractivity contribution is 5.64. The SMILES string of the molecule is CC1CCC(C2CCC(C)CC2)CC1.Cc1ccc(-c2ccc(C3CCC(C)CC3)cc2)cc1.Cc1ccc(-c2ccc(CCC3CCC(C)CC3)cc2)cc1.